The molecule has 2 amide bonds. The lowest BCUT2D eigenvalue weighted by Crippen LogP contribution is -2.36. The molecule has 2 aliphatic rings. The lowest BCUT2D eigenvalue weighted by Gasteiger charge is -2.23. The van der Waals surface area contributed by atoms with Crippen LogP contribution in [0.4, 0.5) is 0 Å². The van der Waals surface area contributed by atoms with Gasteiger partial charge in [-0.3, -0.25) is 9.59 Å². The van der Waals surface area contributed by atoms with Gasteiger partial charge in [-0.2, -0.15) is 10.1 Å². The number of phenols is 1. The van der Waals surface area contributed by atoms with Crippen LogP contribution in [-0.2, 0) is 12.8 Å². The zero-order chi connectivity index (χ0) is 17.8. The Bertz CT molecular complexity index is 1070. The van der Waals surface area contributed by atoms with Crippen LogP contribution in [-0.4, -0.2) is 28.1 Å². The Kier molecular flexibility index (Phi) is 3.00. The molecule has 1 aliphatic carbocycles. The summed E-state index contributed by atoms with van der Waals surface area (Å²) < 4.78 is 0. The molecule has 5 heteroatoms. The fourth-order valence-corrected chi connectivity index (χ4v) is 3.80. The smallest absolute Gasteiger partial charge is 0.282 e. The van der Waals surface area contributed by atoms with E-state index in [9.17, 15) is 14.7 Å². The molecule has 126 valence electrons. The molecule has 0 bridgehead atoms. The SMILES string of the molecule is O=C1c2ccc3c4c(ccc(c24)C(=O)N1/N=C\c1ccc(O)cc1)CC3. The molecule has 0 fully saturated rings. The summed E-state index contributed by atoms with van der Waals surface area (Å²) in [7, 11) is 0. The van der Waals surface area contributed by atoms with Crippen molar-refractivity contribution in [2.45, 2.75) is 12.8 Å². The van der Waals surface area contributed by atoms with E-state index in [0.717, 1.165) is 28.6 Å². The first-order chi connectivity index (χ1) is 12.6. The number of hydrogen-bond donors (Lipinski definition) is 1. The molecule has 5 nitrogen and oxygen atoms in total. The molecule has 0 saturated carbocycles. The largest absolute Gasteiger partial charge is 0.508 e. The van der Waals surface area contributed by atoms with Gasteiger partial charge in [0.05, 0.1) is 17.3 Å². The summed E-state index contributed by atoms with van der Waals surface area (Å²) in [5.41, 5.74) is 4.11. The molecule has 1 N–H and O–H groups in total. The van der Waals surface area contributed by atoms with Crippen LogP contribution in [0.1, 0.15) is 37.4 Å². The van der Waals surface area contributed by atoms with Gasteiger partial charge in [-0.15, -0.1) is 0 Å². The Morgan fingerprint density at radius 1 is 0.808 bits per heavy atom. The van der Waals surface area contributed by atoms with Crippen LogP contribution in [0.5, 0.6) is 5.75 Å². The summed E-state index contributed by atoms with van der Waals surface area (Å²) in [6.45, 7) is 0. The van der Waals surface area contributed by atoms with Crippen LogP contribution in [0.2, 0.25) is 0 Å². The molecule has 0 unspecified atom stereocenters. The molecule has 5 rings (SSSR count). The highest BCUT2D eigenvalue weighted by Crippen LogP contribution is 2.38. The minimum atomic E-state index is -0.409. The average Bonchev–Trinajstić information content (AvgIpc) is 3.08. The van der Waals surface area contributed by atoms with Gasteiger partial charge in [0.1, 0.15) is 5.75 Å². The molecule has 0 saturated heterocycles. The van der Waals surface area contributed by atoms with Crippen molar-refractivity contribution in [3.63, 3.8) is 0 Å². The number of aryl methyl sites for hydroxylation is 2. The number of benzene rings is 3. The second-order valence-electron chi connectivity index (χ2n) is 6.55. The van der Waals surface area contributed by atoms with Crippen LogP contribution in [0.25, 0.3) is 10.8 Å². The summed E-state index contributed by atoms with van der Waals surface area (Å²) in [4.78, 5) is 25.8. The van der Waals surface area contributed by atoms with E-state index in [1.54, 1.807) is 24.3 Å². The van der Waals surface area contributed by atoms with Gasteiger partial charge in [0.25, 0.3) is 11.8 Å². The van der Waals surface area contributed by atoms with E-state index in [0.29, 0.717) is 16.7 Å². The second-order valence-corrected chi connectivity index (χ2v) is 6.55. The molecule has 26 heavy (non-hydrogen) atoms. The fourth-order valence-electron chi connectivity index (χ4n) is 3.80. The van der Waals surface area contributed by atoms with E-state index in [4.69, 9.17) is 0 Å². The molecule has 0 spiro atoms. The Labute approximate surface area is 149 Å². The predicted molar refractivity (Wildman–Crippen MR) is 97.6 cm³/mol. The molecule has 1 aliphatic heterocycles. The quantitative estimate of drug-likeness (QED) is 0.574. The Morgan fingerprint density at radius 2 is 1.38 bits per heavy atom. The molecular formula is C21H14N2O3. The minimum absolute atomic E-state index is 0.144. The number of carbonyl (C=O) groups excluding carboxylic acids is 2. The number of amides is 2. The van der Waals surface area contributed by atoms with Gasteiger partial charge in [0.15, 0.2) is 0 Å². The van der Waals surface area contributed by atoms with Crippen molar-refractivity contribution >= 4 is 28.8 Å². The number of phenolic OH excluding ortho intramolecular Hbond substituents is 1. The zero-order valence-corrected chi connectivity index (χ0v) is 13.8. The third kappa shape index (κ3) is 2.00. The van der Waals surface area contributed by atoms with Crippen LogP contribution in [0, 0.1) is 0 Å². The fraction of sp³-hybridized carbons (Fsp3) is 0.0952. The van der Waals surface area contributed by atoms with Crippen molar-refractivity contribution in [2.24, 2.45) is 5.10 Å². The highest BCUT2D eigenvalue weighted by Gasteiger charge is 2.34. The van der Waals surface area contributed by atoms with Gasteiger partial charge >= 0.3 is 0 Å². The summed E-state index contributed by atoms with van der Waals surface area (Å²) in [5.74, 6) is -0.675. The van der Waals surface area contributed by atoms with Gasteiger partial charge < -0.3 is 5.11 Å². The number of rotatable bonds is 2. The summed E-state index contributed by atoms with van der Waals surface area (Å²) in [6.07, 6.45) is 3.33. The second kappa shape index (κ2) is 5.26. The highest BCUT2D eigenvalue weighted by molar-refractivity contribution is 6.26. The lowest BCUT2D eigenvalue weighted by molar-refractivity contribution is 0.0616. The number of carbonyl (C=O) groups is 2. The Balaban J connectivity index is 1.62. The van der Waals surface area contributed by atoms with Crippen LogP contribution >= 0.6 is 0 Å². The molecular weight excluding hydrogens is 328 g/mol. The predicted octanol–water partition coefficient (Wildman–Crippen LogP) is 3.27. The van der Waals surface area contributed by atoms with E-state index >= 15 is 0 Å². The highest BCUT2D eigenvalue weighted by atomic mass is 16.3. The van der Waals surface area contributed by atoms with Crippen molar-refractivity contribution in [1.82, 2.24) is 5.01 Å². The van der Waals surface area contributed by atoms with Crippen molar-refractivity contribution in [3.05, 3.63) is 76.3 Å². The summed E-state index contributed by atoms with van der Waals surface area (Å²) >= 11 is 0. The van der Waals surface area contributed by atoms with E-state index in [1.807, 2.05) is 12.1 Å². The number of hydrogen-bond acceptors (Lipinski definition) is 4. The van der Waals surface area contributed by atoms with Crippen LogP contribution in [0.15, 0.2) is 53.6 Å². The van der Waals surface area contributed by atoms with Crippen molar-refractivity contribution in [3.8, 4) is 5.75 Å². The first-order valence-corrected chi connectivity index (χ1v) is 8.43. The molecule has 0 aromatic heterocycles. The molecule has 1 heterocycles. The molecule has 3 aromatic carbocycles. The maximum Gasteiger partial charge on any atom is 0.282 e. The Morgan fingerprint density at radius 3 is 1.96 bits per heavy atom. The first-order valence-electron chi connectivity index (χ1n) is 8.43. The molecule has 0 radical (unpaired) electrons. The number of nitrogens with zero attached hydrogens (tertiary/aromatic N) is 2. The molecule has 3 aromatic rings. The van der Waals surface area contributed by atoms with Crippen molar-refractivity contribution in [2.75, 3.05) is 0 Å². The third-order valence-electron chi connectivity index (χ3n) is 5.06. The number of imide groups is 1. The first kappa shape index (κ1) is 14.8. The van der Waals surface area contributed by atoms with Crippen molar-refractivity contribution < 1.29 is 14.7 Å². The van der Waals surface area contributed by atoms with Gasteiger partial charge in [-0.25, -0.2) is 0 Å². The average molecular weight is 342 g/mol. The lowest BCUT2D eigenvalue weighted by atomic mass is 9.92. The monoisotopic (exact) mass is 342 g/mol. The van der Waals surface area contributed by atoms with Gasteiger partial charge in [-0.05, 0) is 71.3 Å². The van der Waals surface area contributed by atoms with Crippen LogP contribution < -0.4 is 0 Å². The standard InChI is InChI=1S/C21H14N2O3/c24-15-7-1-12(2-8-15)11-22-23-20(25)16-9-5-13-3-4-14-6-10-17(21(23)26)19(16)18(13)14/h1-2,5-11,24H,3-4H2/b22-11-. The Hall–Kier alpha value is -3.47. The van der Waals surface area contributed by atoms with E-state index in [1.165, 1.54) is 29.5 Å². The van der Waals surface area contributed by atoms with Gasteiger partial charge in [0.2, 0.25) is 0 Å². The minimum Gasteiger partial charge on any atom is -0.508 e. The van der Waals surface area contributed by atoms with E-state index < -0.39 is 11.8 Å². The van der Waals surface area contributed by atoms with Crippen LogP contribution in [0.3, 0.4) is 0 Å². The summed E-state index contributed by atoms with van der Waals surface area (Å²) in [5, 5.41) is 16.2. The van der Waals surface area contributed by atoms with Crippen molar-refractivity contribution in [1.29, 1.82) is 0 Å². The summed E-state index contributed by atoms with van der Waals surface area (Å²) in [6, 6.07) is 13.9. The number of hydrazone groups is 1. The van der Waals surface area contributed by atoms with Gasteiger partial charge in [-0.1, -0.05) is 12.1 Å². The maximum absolute atomic E-state index is 12.9. The normalized spacial score (nSPS) is 15.5. The topological polar surface area (TPSA) is 70.0 Å². The van der Waals surface area contributed by atoms with Gasteiger partial charge in [0, 0.05) is 5.39 Å². The molecule has 0 atom stereocenters. The maximum atomic E-state index is 12.9. The zero-order valence-electron chi connectivity index (χ0n) is 13.8. The number of aromatic hydroxyl groups is 1. The third-order valence-corrected chi connectivity index (χ3v) is 5.06. The van der Waals surface area contributed by atoms with E-state index in [-0.39, 0.29) is 5.75 Å². The van der Waals surface area contributed by atoms with E-state index in [2.05, 4.69) is 5.10 Å².